The van der Waals surface area contributed by atoms with E-state index in [1.807, 2.05) is 30.3 Å². The van der Waals surface area contributed by atoms with Crippen molar-refractivity contribution in [1.82, 2.24) is 10.6 Å². The molecule has 0 bridgehead atoms. The number of benzene rings is 1. The monoisotopic (exact) mass is 294 g/mol. The predicted molar refractivity (Wildman–Crippen MR) is 78.6 cm³/mol. The van der Waals surface area contributed by atoms with Crippen LogP contribution in [0.2, 0.25) is 0 Å². The highest BCUT2D eigenvalue weighted by Crippen LogP contribution is 2.00. The molecule has 0 saturated heterocycles. The van der Waals surface area contributed by atoms with Crippen LogP contribution in [0.25, 0.3) is 0 Å². The molecular formula is C15H22N2O4. The molecule has 1 aromatic carbocycles. The molecule has 1 atom stereocenters. The largest absolute Gasteiger partial charge is 0.445 e. The number of carbonyl (C=O) groups is 2. The van der Waals surface area contributed by atoms with Crippen molar-refractivity contribution in [3.05, 3.63) is 35.9 Å². The van der Waals surface area contributed by atoms with Crippen LogP contribution in [0.5, 0.6) is 0 Å². The minimum atomic E-state index is -0.497. The van der Waals surface area contributed by atoms with Crippen LogP contribution in [-0.4, -0.2) is 36.3 Å². The SMILES string of the molecule is CC(CO)NC(=O)CCCNC(=O)OCc1ccccc1. The molecule has 0 aliphatic rings. The summed E-state index contributed by atoms with van der Waals surface area (Å²) in [4.78, 5) is 22.8. The third-order valence-corrected chi connectivity index (χ3v) is 2.74. The van der Waals surface area contributed by atoms with Gasteiger partial charge in [0.15, 0.2) is 0 Å². The van der Waals surface area contributed by atoms with Gasteiger partial charge in [-0.3, -0.25) is 4.79 Å². The lowest BCUT2D eigenvalue weighted by atomic mass is 10.2. The number of carbonyl (C=O) groups excluding carboxylic acids is 2. The number of hydrogen-bond acceptors (Lipinski definition) is 4. The third kappa shape index (κ3) is 7.94. The molecule has 0 aliphatic carbocycles. The fourth-order valence-corrected chi connectivity index (χ4v) is 1.61. The highest BCUT2D eigenvalue weighted by atomic mass is 16.5. The van der Waals surface area contributed by atoms with Crippen LogP contribution in [0, 0.1) is 0 Å². The molecule has 0 spiro atoms. The summed E-state index contributed by atoms with van der Waals surface area (Å²) in [6.07, 6.45) is 0.316. The van der Waals surface area contributed by atoms with E-state index in [0.717, 1.165) is 5.56 Å². The van der Waals surface area contributed by atoms with Crippen LogP contribution in [-0.2, 0) is 16.1 Å². The van der Waals surface area contributed by atoms with E-state index in [1.165, 1.54) is 0 Å². The van der Waals surface area contributed by atoms with E-state index >= 15 is 0 Å². The van der Waals surface area contributed by atoms with E-state index < -0.39 is 6.09 Å². The Morgan fingerprint density at radius 2 is 2.00 bits per heavy atom. The molecule has 0 saturated carbocycles. The van der Waals surface area contributed by atoms with Crippen molar-refractivity contribution in [1.29, 1.82) is 0 Å². The number of hydrogen-bond donors (Lipinski definition) is 3. The first kappa shape index (κ1) is 17.0. The molecule has 6 heteroatoms. The quantitative estimate of drug-likeness (QED) is 0.628. The van der Waals surface area contributed by atoms with Crippen molar-refractivity contribution in [3.8, 4) is 0 Å². The van der Waals surface area contributed by atoms with Gasteiger partial charge in [-0.05, 0) is 18.9 Å². The molecule has 0 aromatic heterocycles. The minimum Gasteiger partial charge on any atom is -0.445 e. The molecule has 0 fully saturated rings. The Labute approximate surface area is 124 Å². The zero-order chi connectivity index (χ0) is 15.5. The van der Waals surface area contributed by atoms with Crippen LogP contribution in [0.15, 0.2) is 30.3 Å². The molecule has 2 amide bonds. The molecule has 116 valence electrons. The lowest BCUT2D eigenvalue weighted by Gasteiger charge is -2.10. The summed E-state index contributed by atoms with van der Waals surface area (Å²) in [5, 5.41) is 14.0. The molecular weight excluding hydrogens is 272 g/mol. The van der Waals surface area contributed by atoms with Crippen LogP contribution >= 0.6 is 0 Å². The van der Waals surface area contributed by atoms with E-state index in [0.29, 0.717) is 19.4 Å². The number of aliphatic hydroxyl groups excluding tert-OH is 1. The van der Waals surface area contributed by atoms with Gasteiger partial charge in [-0.1, -0.05) is 30.3 Å². The minimum absolute atomic E-state index is 0.0875. The van der Waals surface area contributed by atoms with Crippen molar-refractivity contribution in [3.63, 3.8) is 0 Å². The second kappa shape index (κ2) is 9.77. The van der Waals surface area contributed by atoms with E-state index in [-0.39, 0.29) is 25.2 Å². The van der Waals surface area contributed by atoms with Gasteiger partial charge in [0.2, 0.25) is 5.91 Å². The number of ether oxygens (including phenoxy) is 1. The Morgan fingerprint density at radius 1 is 1.29 bits per heavy atom. The van der Waals surface area contributed by atoms with Crippen LogP contribution in [0.3, 0.4) is 0 Å². The zero-order valence-corrected chi connectivity index (χ0v) is 12.2. The summed E-state index contributed by atoms with van der Waals surface area (Å²) in [6.45, 7) is 2.22. The number of rotatable bonds is 8. The Balaban J connectivity index is 2.07. The number of aliphatic hydroxyl groups is 1. The maximum atomic E-state index is 11.4. The van der Waals surface area contributed by atoms with E-state index in [4.69, 9.17) is 9.84 Å². The summed E-state index contributed by atoms with van der Waals surface area (Å²) >= 11 is 0. The molecule has 0 heterocycles. The van der Waals surface area contributed by atoms with Gasteiger partial charge in [-0.15, -0.1) is 0 Å². The first-order valence-corrected chi connectivity index (χ1v) is 6.96. The molecule has 1 rings (SSSR count). The first-order valence-electron chi connectivity index (χ1n) is 6.96. The van der Waals surface area contributed by atoms with Crippen molar-refractivity contribution < 1.29 is 19.4 Å². The zero-order valence-electron chi connectivity index (χ0n) is 12.2. The van der Waals surface area contributed by atoms with Crippen LogP contribution in [0.1, 0.15) is 25.3 Å². The molecule has 1 aromatic rings. The average Bonchev–Trinajstić information content (AvgIpc) is 2.50. The van der Waals surface area contributed by atoms with E-state index in [1.54, 1.807) is 6.92 Å². The summed E-state index contributed by atoms with van der Waals surface area (Å²) in [5.41, 5.74) is 0.921. The molecule has 6 nitrogen and oxygen atoms in total. The normalized spacial score (nSPS) is 11.5. The maximum absolute atomic E-state index is 11.4. The van der Waals surface area contributed by atoms with Crippen molar-refractivity contribution in [2.45, 2.75) is 32.4 Å². The van der Waals surface area contributed by atoms with E-state index in [2.05, 4.69) is 10.6 Å². The van der Waals surface area contributed by atoms with Gasteiger partial charge in [0, 0.05) is 19.0 Å². The van der Waals surface area contributed by atoms with Gasteiger partial charge in [0.05, 0.1) is 6.61 Å². The predicted octanol–water partition coefficient (Wildman–Crippen LogP) is 1.19. The number of alkyl carbamates (subject to hydrolysis) is 1. The molecule has 3 N–H and O–H groups in total. The Morgan fingerprint density at radius 3 is 2.67 bits per heavy atom. The van der Waals surface area contributed by atoms with Gasteiger partial charge in [0.1, 0.15) is 6.61 Å². The van der Waals surface area contributed by atoms with Crippen molar-refractivity contribution in [2.24, 2.45) is 0 Å². The average molecular weight is 294 g/mol. The van der Waals surface area contributed by atoms with Gasteiger partial charge >= 0.3 is 6.09 Å². The van der Waals surface area contributed by atoms with Crippen molar-refractivity contribution in [2.75, 3.05) is 13.2 Å². The van der Waals surface area contributed by atoms with Crippen molar-refractivity contribution >= 4 is 12.0 Å². The standard InChI is InChI=1S/C15H22N2O4/c1-12(10-18)17-14(19)8-5-9-16-15(20)21-11-13-6-3-2-4-7-13/h2-4,6-7,12,18H,5,8-11H2,1H3,(H,16,20)(H,17,19). The summed E-state index contributed by atoms with van der Waals surface area (Å²) < 4.78 is 5.03. The number of nitrogens with one attached hydrogen (secondary N) is 2. The number of amides is 2. The lowest BCUT2D eigenvalue weighted by Crippen LogP contribution is -2.35. The fourth-order valence-electron chi connectivity index (χ4n) is 1.61. The fraction of sp³-hybridized carbons (Fsp3) is 0.467. The highest BCUT2D eigenvalue weighted by Gasteiger charge is 2.06. The second-order valence-electron chi connectivity index (χ2n) is 4.74. The highest BCUT2D eigenvalue weighted by molar-refractivity contribution is 5.76. The second-order valence-corrected chi connectivity index (χ2v) is 4.74. The molecule has 0 aliphatic heterocycles. The third-order valence-electron chi connectivity index (χ3n) is 2.74. The van der Waals surface area contributed by atoms with Crippen LogP contribution in [0.4, 0.5) is 4.79 Å². The Kier molecular flexibility index (Phi) is 7.89. The molecule has 0 radical (unpaired) electrons. The summed E-state index contributed by atoms with van der Waals surface area (Å²) in [6, 6.07) is 9.15. The Bertz CT molecular complexity index is 437. The first-order chi connectivity index (χ1) is 10.1. The Hall–Kier alpha value is -2.08. The van der Waals surface area contributed by atoms with Gasteiger partial charge < -0.3 is 20.5 Å². The van der Waals surface area contributed by atoms with Gasteiger partial charge in [-0.25, -0.2) is 4.79 Å². The summed E-state index contributed by atoms with van der Waals surface area (Å²) in [7, 11) is 0. The van der Waals surface area contributed by atoms with Gasteiger partial charge in [-0.2, -0.15) is 0 Å². The molecule has 21 heavy (non-hydrogen) atoms. The molecule has 1 unspecified atom stereocenters. The topological polar surface area (TPSA) is 87.7 Å². The smallest absolute Gasteiger partial charge is 0.407 e. The van der Waals surface area contributed by atoms with E-state index in [9.17, 15) is 9.59 Å². The van der Waals surface area contributed by atoms with Crippen LogP contribution < -0.4 is 10.6 Å². The lowest BCUT2D eigenvalue weighted by molar-refractivity contribution is -0.122. The summed E-state index contributed by atoms with van der Waals surface area (Å²) in [5.74, 6) is -0.143. The van der Waals surface area contributed by atoms with Gasteiger partial charge in [0.25, 0.3) is 0 Å². The maximum Gasteiger partial charge on any atom is 0.407 e.